The first-order chi connectivity index (χ1) is 7.07. The Morgan fingerprint density at radius 2 is 1.38 bits per heavy atom. The summed E-state index contributed by atoms with van der Waals surface area (Å²) in [6.07, 6.45) is 0. The average Bonchev–Trinajstić information content (AvgIpc) is 2.09. The van der Waals surface area contributed by atoms with E-state index in [0.29, 0.717) is 5.56 Å². The maximum absolute atomic E-state index is 14.1. The molecule has 0 unspecified atom stereocenters. The van der Waals surface area contributed by atoms with Crippen LogP contribution in [0.3, 0.4) is 0 Å². The molecule has 1 nitrogen and oxygen atoms in total. The first-order valence-electron chi connectivity index (χ1n) is 5.32. The maximum Gasteiger partial charge on any atom is 0.290 e. The van der Waals surface area contributed by atoms with Gasteiger partial charge < -0.3 is 5.73 Å². The Labute approximate surface area is 95.7 Å². The number of benzene rings is 1. The molecule has 0 aliphatic rings. The molecule has 0 aliphatic heterocycles. The van der Waals surface area contributed by atoms with Gasteiger partial charge in [-0.05, 0) is 57.4 Å². The molecule has 0 aromatic heterocycles. The molecule has 16 heavy (non-hydrogen) atoms. The second-order valence-electron chi connectivity index (χ2n) is 5.05. The van der Waals surface area contributed by atoms with Crippen molar-refractivity contribution in [2.75, 3.05) is 0 Å². The van der Waals surface area contributed by atoms with Gasteiger partial charge in [-0.3, -0.25) is 0 Å². The van der Waals surface area contributed by atoms with Gasteiger partial charge in [0, 0.05) is 5.56 Å². The van der Waals surface area contributed by atoms with Crippen molar-refractivity contribution in [3.8, 4) is 0 Å². The number of halogens is 2. The van der Waals surface area contributed by atoms with Gasteiger partial charge in [0.15, 0.2) is 0 Å². The molecule has 0 fully saturated rings. The third-order valence-electron chi connectivity index (χ3n) is 2.99. The van der Waals surface area contributed by atoms with Crippen molar-refractivity contribution in [3.05, 3.63) is 34.4 Å². The third-order valence-corrected chi connectivity index (χ3v) is 2.99. The largest absolute Gasteiger partial charge is 0.320 e. The van der Waals surface area contributed by atoms with Crippen LogP contribution in [0.4, 0.5) is 8.78 Å². The van der Waals surface area contributed by atoms with E-state index >= 15 is 0 Å². The molecule has 0 amide bonds. The zero-order chi connectivity index (χ0) is 12.7. The lowest BCUT2D eigenvalue weighted by molar-refractivity contribution is -0.0678. The first kappa shape index (κ1) is 13.1. The molecular weight excluding hydrogens is 208 g/mol. The monoisotopic (exact) mass is 227 g/mol. The maximum atomic E-state index is 14.1. The van der Waals surface area contributed by atoms with Crippen molar-refractivity contribution >= 4 is 0 Å². The molecule has 0 atom stereocenters. The van der Waals surface area contributed by atoms with Gasteiger partial charge in [-0.2, -0.15) is 8.78 Å². The zero-order valence-electron chi connectivity index (χ0n) is 10.5. The van der Waals surface area contributed by atoms with Crippen LogP contribution in [0.25, 0.3) is 0 Å². The van der Waals surface area contributed by atoms with Crippen LogP contribution >= 0.6 is 0 Å². The lowest BCUT2D eigenvalue weighted by Crippen LogP contribution is -2.48. The van der Waals surface area contributed by atoms with E-state index in [0.717, 1.165) is 11.1 Å². The van der Waals surface area contributed by atoms with Gasteiger partial charge in [0.25, 0.3) is 5.92 Å². The van der Waals surface area contributed by atoms with Gasteiger partial charge in [-0.1, -0.05) is 6.07 Å². The summed E-state index contributed by atoms with van der Waals surface area (Å²) in [7, 11) is 0. The summed E-state index contributed by atoms with van der Waals surface area (Å²) >= 11 is 0. The Morgan fingerprint density at radius 3 is 1.81 bits per heavy atom. The third kappa shape index (κ3) is 2.09. The van der Waals surface area contributed by atoms with Crippen LogP contribution < -0.4 is 5.73 Å². The lowest BCUT2D eigenvalue weighted by atomic mass is 9.87. The number of nitrogens with two attached hydrogens (primary N) is 1. The molecule has 0 radical (unpaired) electrons. The fourth-order valence-electron chi connectivity index (χ4n) is 1.65. The topological polar surface area (TPSA) is 26.0 Å². The number of hydrogen-bond donors (Lipinski definition) is 1. The fourth-order valence-corrected chi connectivity index (χ4v) is 1.65. The van der Waals surface area contributed by atoms with E-state index in [1.54, 1.807) is 19.1 Å². The van der Waals surface area contributed by atoms with Gasteiger partial charge in [-0.25, -0.2) is 0 Å². The SMILES string of the molecule is Cc1cc(C)c(C(F)(F)C(C)(C)N)cc1C. The highest BCUT2D eigenvalue weighted by Crippen LogP contribution is 2.39. The van der Waals surface area contributed by atoms with Crippen molar-refractivity contribution in [2.24, 2.45) is 5.73 Å². The van der Waals surface area contributed by atoms with E-state index in [4.69, 9.17) is 5.73 Å². The highest BCUT2D eigenvalue weighted by Gasteiger charge is 2.46. The van der Waals surface area contributed by atoms with Crippen LogP contribution in [0.15, 0.2) is 12.1 Å². The lowest BCUT2D eigenvalue weighted by Gasteiger charge is -2.32. The van der Waals surface area contributed by atoms with Crippen molar-refractivity contribution in [1.82, 2.24) is 0 Å². The summed E-state index contributed by atoms with van der Waals surface area (Å²) in [5, 5.41) is 0. The predicted octanol–water partition coefficient (Wildman–Crippen LogP) is 3.44. The first-order valence-corrected chi connectivity index (χ1v) is 5.32. The molecule has 0 spiro atoms. The van der Waals surface area contributed by atoms with E-state index in [9.17, 15) is 8.78 Å². The number of alkyl halides is 2. The number of hydrogen-bond acceptors (Lipinski definition) is 1. The Hall–Kier alpha value is -0.960. The zero-order valence-corrected chi connectivity index (χ0v) is 10.5. The van der Waals surface area contributed by atoms with E-state index in [1.807, 2.05) is 13.8 Å². The van der Waals surface area contributed by atoms with Crippen LogP contribution in [0.1, 0.15) is 36.1 Å². The molecule has 1 aromatic carbocycles. The van der Waals surface area contributed by atoms with Crippen LogP contribution in [0, 0.1) is 20.8 Å². The van der Waals surface area contributed by atoms with Crippen molar-refractivity contribution in [3.63, 3.8) is 0 Å². The molecule has 0 bridgehead atoms. The Kier molecular flexibility index (Phi) is 3.12. The van der Waals surface area contributed by atoms with E-state index in [1.165, 1.54) is 13.8 Å². The number of rotatable bonds is 2. The van der Waals surface area contributed by atoms with Gasteiger partial charge in [0.2, 0.25) is 0 Å². The van der Waals surface area contributed by atoms with Gasteiger partial charge in [0.05, 0.1) is 5.54 Å². The normalized spacial score (nSPS) is 13.0. The Morgan fingerprint density at radius 1 is 0.938 bits per heavy atom. The molecule has 1 aromatic rings. The van der Waals surface area contributed by atoms with Crippen LogP contribution in [0.5, 0.6) is 0 Å². The van der Waals surface area contributed by atoms with Crippen LogP contribution in [-0.4, -0.2) is 5.54 Å². The Balaban J connectivity index is 3.39. The van der Waals surface area contributed by atoms with Crippen molar-refractivity contribution in [1.29, 1.82) is 0 Å². The van der Waals surface area contributed by atoms with Crippen molar-refractivity contribution < 1.29 is 8.78 Å². The highest BCUT2D eigenvalue weighted by atomic mass is 19.3. The number of aryl methyl sites for hydroxylation is 3. The summed E-state index contributed by atoms with van der Waals surface area (Å²) in [5.74, 6) is -3.02. The van der Waals surface area contributed by atoms with Crippen LogP contribution in [-0.2, 0) is 5.92 Å². The van der Waals surface area contributed by atoms with E-state index in [-0.39, 0.29) is 5.56 Å². The summed E-state index contributed by atoms with van der Waals surface area (Å²) < 4.78 is 28.2. The highest BCUT2D eigenvalue weighted by molar-refractivity contribution is 5.40. The van der Waals surface area contributed by atoms with Crippen molar-refractivity contribution in [2.45, 2.75) is 46.1 Å². The average molecular weight is 227 g/mol. The minimum absolute atomic E-state index is 0.0306. The van der Waals surface area contributed by atoms with Gasteiger partial charge in [-0.15, -0.1) is 0 Å². The van der Waals surface area contributed by atoms with E-state index in [2.05, 4.69) is 0 Å². The summed E-state index contributed by atoms with van der Waals surface area (Å²) in [6, 6.07) is 3.32. The van der Waals surface area contributed by atoms with Crippen LogP contribution in [0.2, 0.25) is 0 Å². The quantitative estimate of drug-likeness (QED) is 0.822. The molecule has 1 rings (SSSR count). The standard InChI is InChI=1S/C13H19F2N/c1-8-6-10(3)11(7-9(8)2)13(14,15)12(4,5)16/h6-7H,16H2,1-5H3. The summed E-state index contributed by atoms with van der Waals surface area (Å²) in [6.45, 7) is 8.14. The minimum Gasteiger partial charge on any atom is -0.320 e. The fraction of sp³-hybridized carbons (Fsp3) is 0.538. The van der Waals surface area contributed by atoms with E-state index < -0.39 is 11.5 Å². The molecule has 3 heteroatoms. The molecule has 0 heterocycles. The molecule has 0 saturated heterocycles. The minimum atomic E-state index is -3.02. The van der Waals surface area contributed by atoms with Gasteiger partial charge in [0.1, 0.15) is 0 Å². The predicted molar refractivity (Wildman–Crippen MR) is 62.8 cm³/mol. The summed E-state index contributed by atoms with van der Waals surface area (Å²) in [5.41, 5.74) is 6.50. The molecule has 2 N–H and O–H groups in total. The second-order valence-corrected chi connectivity index (χ2v) is 5.05. The molecule has 0 saturated carbocycles. The molecule has 0 aliphatic carbocycles. The molecular formula is C13H19F2N. The smallest absolute Gasteiger partial charge is 0.290 e. The molecule has 90 valence electrons. The summed E-state index contributed by atoms with van der Waals surface area (Å²) in [4.78, 5) is 0. The van der Waals surface area contributed by atoms with Gasteiger partial charge >= 0.3 is 0 Å². The Bertz CT molecular complexity index is 403. The second kappa shape index (κ2) is 3.81.